The smallest absolute Gasteiger partial charge is 0.279 e. The van der Waals surface area contributed by atoms with Gasteiger partial charge in [-0.15, -0.1) is 0 Å². The van der Waals surface area contributed by atoms with Gasteiger partial charge in [-0.3, -0.25) is 20.4 Å². The number of carbonyl (C=O) groups is 2. The molecule has 2 rings (SSSR count). The molecule has 2 N–H and O–H groups in total. The molecule has 0 saturated heterocycles. The van der Waals surface area contributed by atoms with E-state index in [2.05, 4.69) is 10.9 Å². The molecule has 132 valence electrons. The third kappa shape index (κ3) is 5.84. The molecular weight excluding hydrogens is 320 g/mol. The van der Waals surface area contributed by atoms with Crippen molar-refractivity contribution >= 4 is 11.8 Å². The van der Waals surface area contributed by atoms with Gasteiger partial charge in [0.15, 0.2) is 12.7 Å². The number of aryl methyl sites for hydroxylation is 2. The molecule has 25 heavy (non-hydrogen) atoms. The Bertz CT molecular complexity index is 731. The number of rotatable bonds is 6. The summed E-state index contributed by atoms with van der Waals surface area (Å²) in [5.74, 6) is 0.307. The molecule has 2 aromatic carbocycles. The van der Waals surface area contributed by atoms with Crippen LogP contribution in [0.4, 0.5) is 0 Å². The largest absolute Gasteiger partial charge is 0.483 e. The summed E-state index contributed by atoms with van der Waals surface area (Å²) in [6, 6.07) is 14.7. The van der Waals surface area contributed by atoms with E-state index in [4.69, 9.17) is 9.47 Å². The Morgan fingerprint density at radius 2 is 1.76 bits per heavy atom. The standard InChI is InChI=1S/C19H22N2O4/c1-13-9-10-14(2)17(11-13)24-12-18(22)20-21-19(23)15(3)25-16-7-5-4-6-8-16/h4-11,15H,12H2,1-3H3,(H,20,22)(H,21,23)/t15-/m0/s1. The van der Waals surface area contributed by atoms with E-state index in [0.29, 0.717) is 11.5 Å². The van der Waals surface area contributed by atoms with Crippen LogP contribution in [-0.2, 0) is 9.59 Å². The summed E-state index contributed by atoms with van der Waals surface area (Å²) in [6.07, 6.45) is -0.748. The fourth-order valence-electron chi connectivity index (χ4n) is 2.03. The lowest BCUT2D eigenvalue weighted by Crippen LogP contribution is -2.48. The molecule has 6 nitrogen and oxygen atoms in total. The van der Waals surface area contributed by atoms with Crippen molar-refractivity contribution in [3.8, 4) is 11.5 Å². The Labute approximate surface area is 147 Å². The van der Waals surface area contributed by atoms with Gasteiger partial charge in [-0.1, -0.05) is 30.3 Å². The number of benzene rings is 2. The minimum absolute atomic E-state index is 0.196. The van der Waals surface area contributed by atoms with E-state index in [1.807, 2.05) is 50.2 Å². The monoisotopic (exact) mass is 342 g/mol. The average molecular weight is 342 g/mol. The van der Waals surface area contributed by atoms with Crippen molar-refractivity contribution < 1.29 is 19.1 Å². The van der Waals surface area contributed by atoms with Gasteiger partial charge in [0.25, 0.3) is 11.8 Å². The molecule has 0 aliphatic heterocycles. The quantitative estimate of drug-likeness (QED) is 0.790. The summed E-state index contributed by atoms with van der Waals surface area (Å²) >= 11 is 0. The van der Waals surface area contributed by atoms with Crippen molar-refractivity contribution in [2.75, 3.05) is 6.61 Å². The fraction of sp³-hybridized carbons (Fsp3) is 0.263. The first-order chi connectivity index (χ1) is 12.0. The Morgan fingerprint density at radius 3 is 2.48 bits per heavy atom. The first-order valence-corrected chi connectivity index (χ1v) is 7.96. The van der Waals surface area contributed by atoms with E-state index in [1.165, 1.54) is 0 Å². The lowest BCUT2D eigenvalue weighted by Gasteiger charge is -2.15. The minimum Gasteiger partial charge on any atom is -0.483 e. The van der Waals surface area contributed by atoms with E-state index in [1.54, 1.807) is 19.1 Å². The zero-order valence-electron chi connectivity index (χ0n) is 14.5. The number of ether oxygens (including phenoxy) is 2. The van der Waals surface area contributed by atoms with Crippen LogP contribution < -0.4 is 20.3 Å². The van der Waals surface area contributed by atoms with Crippen LogP contribution in [0, 0.1) is 13.8 Å². The molecule has 0 radical (unpaired) electrons. The molecular formula is C19H22N2O4. The Morgan fingerprint density at radius 1 is 1.04 bits per heavy atom. The second-order valence-corrected chi connectivity index (χ2v) is 5.67. The molecule has 0 unspecified atom stereocenters. The molecule has 0 bridgehead atoms. The highest BCUT2D eigenvalue weighted by atomic mass is 16.5. The maximum Gasteiger partial charge on any atom is 0.279 e. The van der Waals surface area contributed by atoms with Gasteiger partial charge in [0.1, 0.15) is 11.5 Å². The summed E-state index contributed by atoms with van der Waals surface area (Å²) in [4.78, 5) is 23.7. The van der Waals surface area contributed by atoms with Crippen molar-refractivity contribution in [2.45, 2.75) is 26.9 Å². The van der Waals surface area contributed by atoms with Crippen LogP contribution in [0.2, 0.25) is 0 Å². The SMILES string of the molecule is Cc1ccc(C)c(OCC(=O)NNC(=O)[C@H](C)Oc2ccccc2)c1. The van der Waals surface area contributed by atoms with Gasteiger partial charge < -0.3 is 9.47 Å². The highest BCUT2D eigenvalue weighted by Crippen LogP contribution is 2.18. The molecule has 2 aromatic rings. The maximum atomic E-state index is 11.9. The number of nitrogens with one attached hydrogen (secondary N) is 2. The van der Waals surface area contributed by atoms with Crippen molar-refractivity contribution in [3.63, 3.8) is 0 Å². The van der Waals surface area contributed by atoms with E-state index in [9.17, 15) is 9.59 Å². The van der Waals surface area contributed by atoms with Crippen molar-refractivity contribution in [1.82, 2.24) is 10.9 Å². The van der Waals surface area contributed by atoms with Crippen LogP contribution in [0.25, 0.3) is 0 Å². The van der Waals surface area contributed by atoms with Gasteiger partial charge in [-0.05, 0) is 50.1 Å². The molecule has 0 heterocycles. The number of para-hydroxylation sites is 1. The molecule has 0 aliphatic carbocycles. The second kappa shape index (κ2) is 8.73. The van der Waals surface area contributed by atoms with Gasteiger partial charge >= 0.3 is 0 Å². The van der Waals surface area contributed by atoms with Crippen molar-refractivity contribution in [1.29, 1.82) is 0 Å². The Hall–Kier alpha value is -3.02. The van der Waals surface area contributed by atoms with Gasteiger partial charge in [-0.2, -0.15) is 0 Å². The third-order valence-electron chi connectivity index (χ3n) is 3.45. The van der Waals surface area contributed by atoms with Gasteiger partial charge in [-0.25, -0.2) is 0 Å². The highest BCUT2D eigenvalue weighted by Gasteiger charge is 2.15. The molecule has 0 fully saturated rings. The summed E-state index contributed by atoms with van der Waals surface area (Å²) < 4.78 is 10.9. The number of amides is 2. The zero-order chi connectivity index (χ0) is 18.2. The lowest BCUT2D eigenvalue weighted by molar-refractivity contribution is -0.133. The Kier molecular flexibility index (Phi) is 6.39. The first-order valence-electron chi connectivity index (χ1n) is 7.96. The predicted molar refractivity (Wildman–Crippen MR) is 94.2 cm³/mol. The van der Waals surface area contributed by atoms with Crippen LogP contribution in [0.15, 0.2) is 48.5 Å². The summed E-state index contributed by atoms with van der Waals surface area (Å²) in [7, 11) is 0. The number of hydrazine groups is 1. The van der Waals surface area contributed by atoms with Crippen molar-refractivity contribution in [3.05, 3.63) is 59.7 Å². The molecule has 0 aromatic heterocycles. The molecule has 0 aliphatic rings. The van der Waals surface area contributed by atoms with Gasteiger partial charge in [0.05, 0.1) is 0 Å². The van der Waals surface area contributed by atoms with E-state index < -0.39 is 17.9 Å². The third-order valence-corrected chi connectivity index (χ3v) is 3.45. The maximum absolute atomic E-state index is 11.9. The first kappa shape index (κ1) is 18.3. The van der Waals surface area contributed by atoms with Crippen LogP contribution in [-0.4, -0.2) is 24.5 Å². The highest BCUT2D eigenvalue weighted by molar-refractivity contribution is 5.85. The van der Waals surface area contributed by atoms with E-state index >= 15 is 0 Å². The summed E-state index contributed by atoms with van der Waals surface area (Å²) in [5, 5.41) is 0. The van der Waals surface area contributed by atoms with E-state index in [-0.39, 0.29) is 6.61 Å². The Balaban J connectivity index is 1.75. The van der Waals surface area contributed by atoms with Gasteiger partial charge in [0.2, 0.25) is 0 Å². The molecule has 1 atom stereocenters. The van der Waals surface area contributed by atoms with Crippen LogP contribution in [0.1, 0.15) is 18.1 Å². The summed E-state index contributed by atoms with van der Waals surface area (Å²) in [5.41, 5.74) is 6.61. The molecule has 6 heteroatoms. The normalized spacial score (nSPS) is 11.3. The number of hydrogen-bond acceptors (Lipinski definition) is 4. The fourth-order valence-corrected chi connectivity index (χ4v) is 2.03. The topological polar surface area (TPSA) is 76.7 Å². The molecule has 0 spiro atoms. The predicted octanol–water partition coefficient (Wildman–Crippen LogP) is 2.30. The number of hydrogen-bond donors (Lipinski definition) is 2. The lowest BCUT2D eigenvalue weighted by atomic mass is 10.1. The average Bonchev–Trinajstić information content (AvgIpc) is 2.61. The van der Waals surface area contributed by atoms with Crippen LogP contribution in [0.5, 0.6) is 11.5 Å². The minimum atomic E-state index is -0.748. The van der Waals surface area contributed by atoms with Crippen molar-refractivity contribution in [2.24, 2.45) is 0 Å². The van der Waals surface area contributed by atoms with Crippen LogP contribution >= 0.6 is 0 Å². The summed E-state index contributed by atoms with van der Waals surface area (Å²) in [6.45, 7) is 5.25. The molecule has 0 saturated carbocycles. The number of carbonyl (C=O) groups excluding carboxylic acids is 2. The van der Waals surface area contributed by atoms with Gasteiger partial charge in [0, 0.05) is 0 Å². The molecule has 2 amide bonds. The zero-order valence-corrected chi connectivity index (χ0v) is 14.5. The second-order valence-electron chi connectivity index (χ2n) is 5.67. The van der Waals surface area contributed by atoms with Crippen LogP contribution in [0.3, 0.4) is 0 Å². The van der Waals surface area contributed by atoms with E-state index in [0.717, 1.165) is 11.1 Å².